The van der Waals surface area contributed by atoms with E-state index in [1.807, 2.05) is 14.0 Å². The Labute approximate surface area is 116 Å². The third-order valence-electron chi connectivity index (χ3n) is 3.93. The molecule has 2 N–H and O–H groups in total. The second-order valence-corrected chi connectivity index (χ2v) is 5.59. The van der Waals surface area contributed by atoms with Gasteiger partial charge in [0.05, 0.1) is 0 Å². The third kappa shape index (κ3) is 4.06. The molecule has 3 heteroatoms. The van der Waals surface area contributed by atoms with E-state index in [1.165, 1.54) is 22.3 Å². The van der Waals surface area contributed by atoms with Gasteiger partial charge in [0.15, 0.2) is 0 Å². The summed E-state index contributed by atoms with van der Waals surface area (Å²) in [5, 5.41) is 0. The van der Waals surface area contributed by atoms with Crippen molar-refractivity contribution < 1.29 is 4.79 Å². The van der Waals surface area contributed by atoms with E-state index in [0.717, 1.165) is 0 Å². The minimum atomic E-state index is 0.163. The molecule has 1 amide bonds. The van der Waals surface area contributed by atoms with Gasteiger partial charge in [-0.15, -0.1) is 0 Å². The van der Waals surface area contributed by atoms with Crippen LogP contribution in [0.4, 0.5) is 0 Å². The highest BCUT2D eigenvalue weighted by Gasteiger charge is 2.14. The molecule has 0 heterocycles. The number of carbonyl (C=O) groups is 1. The van der Waals surface area contributed by atoms with Crippen LogP contribution in [-0.4, -0.2) is 24.4 Å². The Morgan fingerprint density at radius 1 is 1.26 bits per heavy atom. The van der Waals surface area contributed by atoms with E-state index in [4.69, 9.17) is 5.73 Å². The molecule has 1 rings (SSSR count). The van der Waals surface area contributed by atoms with Crippen molar-refractivity contribution in [1.82, 2.24) is 4.90 Å². The zero-order valence-electron chi connectivity index (χ0n) is 12.8. The van der Waals surface area contributed by atoms with Gasteiger partial charge in [0.2, 0.25) is 5.91 Å². The molecule has 0 aliphatic heterocycles. The van der Waals surface area contributed by atoms with E-state index in [2.05, 4.69) is 32.9 Å². The first-order valence-corrected chi connectivity index (χ1v) is 6.86. The molecule has 0 bridgehead atoms. The Kier molecular flexibility index (Phi) is 5.55. The molecule has 0 radical (unpaired) electrons. The molecule has 1 aromatic carbocycles. The van der Waals surface area contributed by atoms with Gasteiger partial charge in [0.25, 0.3) is 0 Å². The highest BCUT2D eigenvalue weighted by molar-refractivity contribution is 5.76. The summed E-state index contributed by atoms with van der Waals surface area (Å²) < 4.78 is 0. The van der Waals surface area contributed by atoms with E-state index in [9.17, 15) is 4.79 Å². The quantitative estimate of drug-likeness (QED) is 0.886. The number of nitrogens with zero attached hydrogens (tertiary/aromatic N) is 1. The lowest BCUT2D eigenvalue weighted by Crippen LogP contribution is -2.29. The van der Waals surface area contributed by atoms with Crippen molar-refractivity contribution in [2.75, 3.05) is 13.6 Å². The first-order chi connectivity index (χ1) is 8.86. The van der Waals surface area contributed by atoms with Crippen LogP contribution < -0.4 is 5.73 Å². The number of hydrogen-bond donors (Lipinski definition) is 1. The predicted molar refractivity (Wildman–Crippen MR) is 80.0 cm³/mol. The van der Waals surface area contributed by atoms with Gasteiger partial charge >= 0.3 is 0 Å². The van der Waals surface area contributed by atoms with Gasteiger partial charge in [0.1, 0.15) is 0 Å². The lowest BCUT2D eigenvalue weighted by Gasteiger charge is -2.21. The van der Waals surface area contributed by atoms with Crippen LogP contribution in [0.5, 0.6) is 0 Å². The summed E-state index contributed by atoms with van der Waals surface area (Å²) in [5.41, 5.74) is 10.7. The Hall–Kier alpha value is -1.35. The average molecular weight is 262 g/mol. The largest absolute Gasteiger partial charge is 0.341 e. The highest BCUT2D eigenvalue weighted by atomic mass is 16.2. The Bertz CT molecular complexity index is 454. The third-order valence-corrected chi connectivity index (χ3v) is 3.93. The number of nitrogens with two attached hydrogens (primary N) is 1. The monoisotopic (exact) mass is 262 g/mol. The van der Waals surface area contributed by atoms with Crippen molar-refractivity contribution in [2.45, 2.75) is 40.7 Å². The molecule has 19 heavy (non-hydrogen) atoms. The molecule has 1 aromatic rings. The number of aryl methyl sites for hydroxylation is 1. The molecule has 0 saturated heterocycles. The van der Waals surface area contributed by atoms with Gasteiger partial charge in [-0.3, -0.25) is 4.79 Å². The zero-order valence-corrected chi connectivity index (χ0v) is 12.8. The van der Waals surface area contributed by atoms with Crippen LogP contribution in [0.3, 0.4) is 0 Å². The summed E-state index contributed by atoms with van der Waals surface area (Å²) in [6.07, 6.45) is 0.525. The molecule has 0 aromatic heterocycles. The number of carbonyl (C=O) groups excluding carboxylic acids is 1. The van der Waals surface area contributed by atoms with Gasteiger partial charge in [-0.05, 0) is 55.5 Å². The van der Waals surface area contributed by atoms with E-state index in [1.54, 1.807) is 4.90 Å². The topological polar surface area (TPSA) is 46.3 Å². The van der Waals surface area contributed by atoms with Crippen LogP contribution in [0.25, 0.3) is 0 Å². The fourth-order valence-electron chi connectivity index (χ4n) is 2.06. The molecule has 3 nitrogen and oxygen atoms in total. The van der Waals surface area contributed by atoms with E-state index in [-0.39, 0.29) is 11.8 Å². The molecule has 0 aliphatic rings. The number of rotatable bonds is 5. The first-order valence-electron chi connectivity index (χ1n) is 6.86. The molecule has 0 fully saturated rings. The predicted octanol–water partition coefficient (Wildman–Crippen LogP) is 2.56. The zero-order chi connectivity index (χ0) is 14.6. The van der Waals surface area contributed by atoms with Crippen LogP contribution in [0.1, 0.15) is 35.6 Å². The van der Waals surface area contributed by atoms with E-state index < -0.39 is 0 Å². The van der Waals surface area contributed by atoms with Crippen molar-refractivity contribution in [2.24, 2.45) is 11.7 Å². The Balaban J connectivity index is 2.74. The molecule has 106 valence electrons. The van der Waals surface area contributed by atoms with Crippen molar-refractivity contribution in [1.29, 1.82) is 0 Å². The lowest BCUT2D eigenvalue weighted by molar-refractivity contribution is -0.131. The second kappa shape index (κ2) is 6.71. The summed E-state index contributed by atoms with van der Waals surface area (Å²) in [7, 11) is 1.86. The second-order valence-electron chi connectivity index (χ2n) is 5.59. The molecular weight excluding hydrogens is 236 g/mol. The lowest BCUT2D eigenvalue weighted by atomic mass is 9.98. The summed E-state index contributed by atoms with van der Waals surface area (Å²) in [6.45, 7) is 9.60. The maximum atomic E-state index is 12.1. The fourth-order valence-corrected chi connectivity index (χ4v) is 2.06. The van der Waals surface area contributed by atoms with Gasteiger partial charge in [-0.25, -0.2) is 0 Å². The van der Waals surface area contributed by atoms with Gasteiger partial charge in [-0.1, -0.05) is 19.1 Å². The van der Waals surface area contributed by atoms with Crippen LogP contribution in [0.2, 0.25) is 0 Å². The highest BCUT2D eigenvalue weighted by Crippen LogP contribution is 2.18. The fraction of sp³-hybridized carbons (Fsp3) is 0.562. The van der Waals surface area contributed by atoms with Gasteiger partial charge in [-0.2, -0.15) is 0 Å². The molecule has 1 atom stereocenters. The SMILES string of the molecule is Cc1ccc(CN(C)C(=O)CC(C)CN)c(C)c1C. The molecule has 0 saturated carbocycles. The number of benzene rings is 1. The maximum absolute atomic E-state index is 12.1. The van der Waals surface area contributed by atoms with Crippen molar-refractivity contribution in [3.8, 4) is 0 Å². The number of amides is 1. The molecular formula is C16H26N2O. The Morgan fingerprint density at radius 3 is 2.47 bits per heavy atom. The minimum Gasteiger partial charge on any atom is -0.341 e. The van der Waals surface area contributed by atoms with Crippen LogP contribution in [0.15, 0.2) is 12.1 Å². The van der Waals surface area contributed by atoms with Crippen molar-refractivity contribution >= 4 is 5.91 Å². The molecule has 0 spiro atoms. The Morgan fingerprint density at radius 2 is 1.89 bits per heavy atom. The van der Waals surface area contributed by atoms with E-state index >= 15 is 0 Å². The van der Waals surface area contributed by atoms with Gasteiger partial charge in [0, 0.05) is 20.0 Å². The number of hydrogen-bond acceptors (Lipinski definition) is 2. The average Bonchev–Trinajstić information content (AvgIpc) is 2.39. The first kappa shape index (κ1) is 15.7. The molecule has 0 aliphatic carbocycles. The summed E-state index contributed by atoms with van der Waals surface area (Å²) in [5.74, 6) is 0.409. The van der Waals surface area contributed by atoms with Crippen LogP contribution in [0, 0.1) is 26.7 Å². The normalized spacial score (nSPS) is 12.3. The smallest absolute Gasteiger partial charge is 0.222 e. The maximum Gasteiger partial charge on any atom is 0.222 e. The summed E-state index contributed by atoms with van der Waals surface area (Å²) in [4.78, 5) is 13.8. The van der Waals surface area contributed by atoms with Gasteiger partial charge < -0.3 is 10.6 Å². The van der Waals surface area contributed by atoms with E-state index in [0.29, 0.717) is 19.5 Å². The molecule has 1 unspecified atom stereocenters. The van der Waals surface area contributed by atoms with Crippen molar-refractivity contribution in [3.63, 3.8) is 0 Å². The standard InChI is InChI=1S/C16H26N2O/c1-11(9-17)8-16(19)18(5)10-15-7-6-12(2)13(3)14(15)4/h6-7,11H,8-10,17H2,1-5H3. The van der Waals surface area contributed by atoms with Crippen LogP contribution in [-0.2, 0) is 11.3 Å². The minimum absolute atomic E-state index is 0.163. The van der Waals surface area contributed by atoms with Crippen LogP contribution >= 0.6 is 0 Å². The summed E-state index contributed by atoms with van der Waals surface area (Å²) >= 11 is 0. The summed E-state index contributed by atoms with van der Waals surface area (Å²) in [6, 6.07) is 4.24. The van der Waals surface area contributed by atoms with Crippen molar-refractivity contribution in [3.05, 3.63) is 34.4 Å².